The molecule has 0 fully saturated rings. The molecule has 0 aliphatic carbocycles. The topological polar surface area (TPSA) is 38.5 Å². The first-order valence-corrected chi connectivity index (χ1v) is 7.93. The van der Waals surface area contributed by atoms with Crippen LogP contribution in [-0.4, -0.2) is 37.2 Å². The van der Waals surface area contributed by atoms with Gasteiger partial charge in [0.1, 0.15) is 0 Å². The quantitative estimate of drug-likeness (QED) is 0.832. The van der Waals surface area contributed by atoms with Gasteiger partial charge in [0.15, 0.2) is 0 Å². The molecule has 1 unspecified atom stereocenters. The van der Waals surface area contributed by atoms with Crippen LogP contribution in [0.4, 0.5) is 0 Å². The van der Waals surface area contributed by atoms with Gasteiger partial charge < -0.3 is 10.5 Å². The summed E-state index contributed by atoms with van der Waals surface area (Å²) in [6, 6.07) is 9.29. The second kappa shape index (κ2) is 7.77. The van der Waals surface area contributed by atoms with Gasteiger partial charge in [-0.15, -0.1) is 0 Å². The Morgan fingerprint density at radius 2 is 2.05 bits per heavy atom. The molecule has 20 heavy (non-hydrogen) atoms. The normalized spacial score (nSPS) is 18.6. The monoisotopic (exact) mass is 276 g/mol. The fourth-order valence-corrected chi connectivity index (χ4v) is 3.23. The lowest BCUT2D eigenvalue weighted by Crippen LogP contribution is -2.42. The van der Waals surface area contributed by atoms with E-state index in [1.54, 1.807) is 0 Å². The summed E-state index contributed by atoms with van der Waals surface area (Å²) in [6.07, 6.45) is 3.58. The van der Waals surface area contributed by atoms with E-state index >= 15 is 0 Å². The van der Waals surface area contributed by atoms with E-state index in [4.69, 9.17) is 10.5 Å². The highest BCUT2D eigenvalue weighted by Gasteiger charge is 2.25. The van der Waals surface area contributed by atoms with E-state index in [0.29, 0.717) is 12.6 Å². The summed E-state index contributed by atoms with van der Waals surface area (Å²) in [4.78, 5) is 2.51. The van der Waals surface area contributed by atoms with Gasteiger partial charge in [-0.05, 0) is 30.4 Å². The molecule has 112 valence electrons. The van der Waals surface area contributed by atoms with Crippen LogP contribution in [0.25, 0.3) is 0 Å². The van der Waals surface area contributed by atoms with Crippen molar-refractivity contribution in [2.75, 3.05) is 26.2 Å². The lowest BCUT2D eigenvalue weighted by atomic mass is 9.96. The van der Waals surface area contributed by atoms with Gasteiger partial charge in [0.2, 0.25) is 0 Å². The van der Waals surface area contributed by atoms with E-state index in [1.165, 1.54) is 24.0 Å². The molecule has 0 bridgehead atoms. The lowest BCUT2D eigenvalue weighted by Gasteiger charge is -2.35. The van der Waals surface area contributed by atoms with Crippen molar-refractivity contribution in [3.05, 3.63) is 35.4 Å². The van der Waals surface area contributed by atoms with Crippen LogP contribution in [-0.2, 0) is 11.2 Å². The number of rotatable bonds is 7. The molecule has 0 saturated heterocycles. The summed E-state index contributed by atoms with van der Waals surface area (Å²) < 4.78 is 6.04. The highest BCUT2D eigenvalue weighted by atomic mass is 16.5. The number of nitrogens with two attached hydrogens (primary N) is 1. The van der Waals surface area contributed by atoms with E-state index in [1.807, 2.05) is 0 Å². The number of benzene rings is 1. The first-order chi connectivity index (χ1) is 9.80. The van der Waals surface area contributed by atoms with Gasteiger partial charge in [0, 0.05) is 25.7 Å². The molecule has 3 heteroatoms. The summed E-state index contributed by atoms with van der Waals surface area (Å²) in [5.41, 5.74) is 8.61. The molecular weight excluding hydrogens is 248 g/mol. The number of hydrogen-bond donors (Lipinski definition) is 1. The number of fused-ring (bicyclic) bond motifs is 1. The molecule has 0 amide bonds. The minimum Gasteiger partial charge on any atom is -0.372 e. The van der Waals surface area contributed by atoms with Crippen molar-refractivity contribution in [1.82, 2.24) is 4.90 Å². The van der Waals surface area contributed by atoms with Crippen LogP contribution < -0.4 is 5.73 Å². The standard InChI is InChI=1S/C17H28N2O/c1-3-15(4-2)19(11-10-18)13-17-16-8-6-5-7-14(16)9-12-20-17/h5-8,15,17H,3-4,9-13,18H2,1-2H3. The third-order valence-corrected chi connectivity index (χ3v) is 4.37. The Morgan fingerprint density at radius 1 is 1.30 bits per heavy atom. The Hall–Kier alpha value is -0.900. The third kappa shape index (κ3) is 3.60. The highest BCUT2D eigenvalue weighted by molar-refractivity contribution is 5.31. The van der Waals surface area contributed by atoms with Crippen molar-refractivity contribution in [1.29, 1.82) is 0 Å². The van der Waals surface area contributed by atoms with Crippen LogP contribution in [0.2, 0.25) is 0 Å². The van der Waals surface area contributed by atoms with Crippen LogP contribution in [0.1, 0.15) is 43.9 Å². The van der Waals surface area contributed by atoms with Crippen LogP contribution in [0.15, 0.2) is 24.3 Å². The maximum absolute atomic E-state index is 6.04. The van der Waals surface area contributed by atoms with Crippen LogP contribution in [0.3, 0.4) is 0 Å². The molecule has 0 saturated carbocycles. The van der Waals surface area contributed by atoms with E-state index in [-0.39, 0.29) is 6.10 Å². The first kappa shape index (κ1) is 15.5. The van der Waals surface area contributed by atoms with Gasteiger partial charge in [-0.25, -0.2) is 0 Å². The molecule has 1 heterocycles. The zero-order valence-electron chi connectivity index (χ0n) is 12.8. The van der Waals surface area contributed by atoms with Gasteiger partial charge in [0.05, 0.1) is 12.7 Å². The average Bonchev–Trinajstić information content (AvgIpc) is 2.49. The van der Waals surface area contributed by atoms with Crippen molar-refractivity contribution in [3.63, 3.8) is 0 Å². The fourth-order valence-electron chi connectivity index (χ4n) is 3.23. The van der Waals surface area contributed by atoms with Gasteiger partial charge in [0.25, 0.3) is 0 Å². The Kier molecular flexibility index (Phi) is 6.02. The van der Waals surface area contributed by atoms with E-state index in [9.17, 15) is 0 Å². The third-order valence-electron chi connectivity index (χ3n) is 4.37. The van der Waals surface area contributed by atoms with Crippen molar-refractivity contribution in [2.45, 2.75) is 45.3 Å². The van der Waals surface area contributed by atoms with Crippen LogP contribution in [0.5, 0.6) is 0 Å². The van der Waals surface area contributed by atoms with Gasteiger partial charge >= 0.3 is 0 Å². The molecule has 2 rings (SSSR count). The zero-order valence-corrected chi connectivity index (χ0v) is 12.8. The van der Waals surface area contributed by atoms with Crippen molar-refractivity contribution < 1.29 is 4.74 Å². The van der Waals surface area contributed by atoms with E-state index < -0.39 is 0 Å². The number of nitrogens with zero attached hydrogens (tertiary/aromatic N) is 1. The lowest BCUT2D eigenvalue weighted by molar-refractivity contribution is 0.00562. The molecule has 1 aromatic carbocycles. The molecule has 1 atom stereocenters. The second-order valence-corrected chi connectivity index (χ2v) is 5.56. The minimum absolute atomic E-state index is 0.201. The average molecular weight is 276 g/mol. The SMILES string of the molecule is CCC(CC)N(CCN)CC1OCCc2ccccc21. The van der Waals surface area contributed by atoms with Crippen LogP contribution >= 0.6 is 0 Å². The maximum Gasteiger partial charge on any atom is 0.0954 e. The molecule has 1 aliphatic heterocycles. The first-order valence-electron chi connectivity index (χ1n) is 7.93. The van der Waals surface area contributed by atoms with Gasteiger partial charge in [-0.3, -0.25) is 4.90 Å². The zero-order chi connectivity index (χ0) is 14.4. The summed E-state index contributed by atoms with van der Waals surface area (Å²) >= 11 is 0. The Morgan fingerprint density at radius 3 is 2.75 bits per heavy atom. The highest BCUT2D eigenvalue weighted by Crippen LogP contribution is 2.28. The molecule has 3 nitrogen and oxygen atoms in total. The van der Waals surface area contributed by atoms with Gasteiger partial charge in [-0.2, -0.15) is 0 Å². The predicted molar refractivity (Wildman–Crippen MR) is 83.8 cm³/mol. The fraction of sp³-hybridized carbons (Fsp3) is 0.647. The van der Waals surface area contributed by atoms with Gasteiger partial charge in [-0.1, -0.05) is 38.1 Å². The summed E-state index contributed by atoms with van der Waals surface area (Å²) in [5.74, 6) is 0. The largest absolute Gasteiger partial charge is 0.372 e. The van der Waals surface area contributed by atoms with Crippen molar-refractivity contribution in [2.24, 2.45) is 5.73 Å². The molecule has 0 spiro atoms. The number of ether oxygens (including phenoxy) is 1. The maximum atomic E-state index is 6.04. The predicted octanol–water partition coefficient (Wildman–Crippen LogP) is 2.75. The second-order valence-electron chi connectivity index (χ2n) is 5.56. The molecule has 1 aliphatic rings. The molecular formula is C17H28N2O. The Balaban J connectivity index is 2.11. The smallest absolute Gasteiger partial charge is 0.0954 e. The van der Waals surface area contributed by atoms with Crippen molar-refractivity contribution in [3.8, 4) is 0 Å². The molecule has 1 aromatic rings. The molecule has 2 N–H and O–H groups in total. The number of hydrogen-bond acceptors (Lipinski definition) is 3. The van der Waals surface area contributed by atoms with Crippen LogP contribution in [0, 0.1) is 0 Å². The summed E-state index contributed by atoms with van der Waals surface area (Å²) in [7, 11) is 0. The van der Waals surface area contributed by atoms with Crippen molar-refractivity contribution >= 4 is 0 Å². The Bertz CT molecular complexity index is 404. The van der Waals surface area contributed by atoms with E-state index in [2.05, 4.69) is 43.0 Å². The summed E-state index contributed by atoms with van der Waals surface area (Å²) in [5, 5.41) is 0. The molecule has 0 aromatic heterocycles. The minimum atomic E-state index is 0.201. The Labute approximate surface area is 123 Å². The summed E-state index contributed by atoms with van der Waals surface area (Å²) in [6.45, 7) is 7.97. The molecule has 0 radical (unpaired) electrons. The van der Waals surface area contributed by atoms with E-state index in [0.717, 1.165) is 26.1 Å².